The van der Waals surface area contributed by atoms with E-state index in [-0.39, 0.29) is 12.3 Å². The third-order valence-corrected chi connectivity index (χ3v) is 3.95. The molecule has 1 unspecified atom stereocenters. The van der Waals surface area contributed by atoms with Crippen LogP contribution in [-0.4, -0.2) is 18.4 Å². The van der Waals surface area contributed by atoms with Gasteiger partial charge in [-0.3, -0.25) is 9.59 Å². The Labute approximate surface area is 147 Å². The number of carbonyl (C=O) groups excluding carboxylic acids is 2. The maximum Gasteiger partial charge on any atom is 0.416 e. The van der Waals surface area contributed by atoms with E-state index in [2.05, 4.69) is 10.6 Å². The van der Waals surface area contributed by atoms with Crippen LogP contribution in [0.3, 0.4) is 0 Å². The number of hydrogen-bond acceptors (Lipinski definition) is 3. The Balaban J connectivity index is 1.85. The van der Waals surface area contributed by atoms with Crippen LogP contribution in [0.25, 0.3) is 0 Å². The maximum absolute atomic E-state index is 12.6. The SMILES string of the molecule is Cc1cccc2c1OCC(=O)NC2C(=O)Nc1ccc(C(F)(F)F)cc1. The van der Waals surface area contributed by atoms with E-state index in [9.17, 15) is 22.8 Å². The van der Waals surface area contributed by atoms with Crippen LogP contribution in [0, 0.1) is 6.92 Å². The van der Waals surface area contributed by atoms with Crippen LogP contribution >= 0.6 is 0 Å². The summed E-state index contributed by atoms with van der Waals surface area (Å²) in [6.07, 6.45) is -4.45. The normalized spacial score (nSPS) is 16.8. The summed E-state index contributed by atoms with van der Waals surface area (Å²) in [5.74, 6) is -0.595. The van der Waals surface area contributed by atoms with E-state index in [1.807, 2.05) is 0 Å². The van der Waals surface area contributed by atoms with Gasteiger partial charge in [0.1, 0.15) is 11.8 Å². The summed E-state index contributed by atoms with van der Waals surface area (Å²) in [7, 11) is 0. The molecule has 0 bridgehead atoms. The number of anilines is 1. The third kappa shape index (κ3) is 3.63. The molecular formula is C18H15F3N2O3. The second-order valence-corrected chi connectivity index (χ2v) is 5.85. The first-order valence-corrected chi connectivity index (χ1v) is 7.75. The Morgan fingerprint density at radius 1 is 1.19 bits per heavy atom. The van der Waals surface area contributed by atoms with Crippen molar-refractivity contribution in [3.05, 3.63) is 59.2 Å². The van der Waals surface area contributed by atoms with Crippen molar-refractivity contribution in [1.82, 2.24) is 5.32 Å². The van der Waals surface area contributed by atoms with Crippen LogP contribution < -0.4 is 15.4 Å². The van der Waals surface area contributed by atoms with E-state index in [0.29, 0.717) is 11.3 Å². The van der Waals surface area contributed by atoms with Crippen molar-refractivity contribution in [2.24, 2.45) is 0 Å². The molecule has 1 atom stereocenters. The van der Waals surface area contributed by atoms with E-state index in [1.54, 1.807) is 25.1 Å². The molecule has 3 rings (SSSR count). The second kappa shape index (κ2) is 6.70. The lowest BCUT2D eigenvalue weighted by Gasteiger charge is -2.18. The number of alkyl halides is 3. The monoisotopic (exact) mass is 364 g/mol. The highest BCUT2D eigenvalue weighted by atomic mass is 19.4. The predicted octanol–water partition coefficient (Wildman–Crippen LogP) is 3.20. The predicted molar refractivity (Wildman–Crippen MR) is 87.6 cm³/mol. The Bertz CT molecular complexity index is 848. The molecule has 2 aromatic carbocycles. The van der Waals surface area contributed by atoms with Crippen LogP contribution in [0.15, 0.2) is 42.5 Å². The molecule has 0 fully saturated rings. The largest absolute Gasteiger partial charge is 0.483 e. The number of halogens is 3. The highest BCUT2D eigenvalue weighted by molar-refractivity contribution is 5.99. The molecule has 5 nitrogen and oxygen atoms in total. The molecule has 26 heavy (non-hydrogen) atoms. The molecule has 0 saturated heterocycles. The van der Waals surface area contributed by atoms with Gasteiger partial charge < -0.3 is 15.4 Å². The smallest absolute Gasteiger partial charge is 0.416 e. The fourth-order valence-electron chi connectivity index (χ4n) is 2.68. The van der Waals surface area contributed by atoms with Gasteiger partial charge in [0.2, 0.25) is 0 Å². The number of carbonyl (C=O) groups is 2. The van der Waals surface area contributed by atoms with Gasteiger partial charge in [-0.05, 0) is 36.8 Å². The average Bonchev–Trinajstić information content (AvgIpc) is 2.75. The van der Waals surface area contributed by atoms with Crippen LogP contribution in [0.5, 0.6) is 5.75 Å². The number of ether oxygens (including phenoxy) is 1. The molecule has 0 aromatic heterocycles. The minimum absolute atomic E-state index is 0.191. The van der Waals surface area contributed by atoms with E-state index < -0.39 is 29.6 Å². The number of hydrogen-bond donors (Lipinski definition) is 2. The second-order valence-electron chi connectivity index (χ2n) is 5.85. The van der Waals surface area contributed by atoms with Gasteiger partial charge in [0.05, 0.1) is 5.56 Å². The first-order chi connectivity index (χ1) is 12.3. The van der Waals surface area contributed by atoms with E-state index >= 15 is 0 Å². The molecule has 2 amide bonds. The number of aryl methyl sites for hydroxylation is 1. The molecule has 8 heteroatoms. The van der Waals surface area contributed by atoms with Crippen LogP contribution in [0.2, 0.25) is 0 Å². The number of benzene rings is 2. The van der Waals surface area contributed by atoms with Crippen molar-refractivity contribution >= 4 is 17.5 Å². The molecule has 1 aliphatic heterocycles. The summed E-state index contributed by atoms with van der Waals surface area (Å²) in [6, 6.07) is 8.24. The summed E-state index contributed by atoms with van der Waals surface area (Å²) in [6.45, 7) is 1.57. The highest BCUT2D eigenvalue weighted by Gasteiger charge is 2.31. The first kappa shape index (κ1) is 17.8. The summed E-state index contributed by atoms with van der Waals surface area (Å²) >= 11 is 0. The standard InChI is InChI=1S/C18H15F3N2O3/c1-10-3-2-4-13-15(23-14(24)9-26-16(10)13)17(25)22-12-7-5-11(6-8-12)18(19,20)21/h2-8,15H,9H2,1H3,(H,22,25)(H,23,24). The van der Waals surface area contributed by atoms with Crippen molar-refractivity contribution < 1.29 is 27.5 Å². The maximum atomic E-state index is 12.6. The number of para-hydroxylation sites is 1. The average molecular weight is 364 g/mol. The lowest BCUT2D eigenvalue weighted by molar-refractivity contribution is -0.137. The number of nitrogens with one attached hydrogen (secondary N) is 2. The summed E-state index contributed by atoms with van der Waals surface area (Å²) in [5.41, 5.74) is 0.635. The minimum Gasteiger partial charge on any atom is -0.483 e. The van der Waals surface area contributed by atoms with Gasteiger partial charge in [0, 0.05) is 11.3 Å². The molecule has 0 spiro atoms. The zero-order chi connectivity index (χ0) is 18.9. The van der Waals surface area contributed by atoms with Gasteiger partial charge in [-0.2, -0.15) is 13.2 Å². The van der Waals surface area contributed by atoms with Crippen LogP contribution in [-0.2, 0) is 15.8 Å². The van der Waals surface area contributed by atoms with Gasteiger partial charge in [-0.15, -0.1) is 0 Å². The van der Waals surface area contributed by atoms with Crippen molar-refractivity contribution in [3.63, 3.8) is 0 Å². The number of rotatable bonds is 2. The molecule has 2 aromatic rings. The van der Waals surface area contributed by atoms with Crippen molar-refractivity contribution in [1.29, 1.82) is 0 Å². The quantitative estimate of drug-likeness (QED) is 0.860. The van der Waals surface area contributed by atoms with Crippen LogP contribution in [0.4, 0.5) is 18.9 Å². The van der Waals surface area contributed by atoms with Crippen molar-refractivity contribution in [3.8, 4) is 5.75 Å². The van der Waals surface area contributed by atoms with Gasteiger partial charge in [0.15, 0.2) is 6.61 Å². The Morgan fingerprint density at radius 3 is 2.54 bits per heavy atom. The first-order valence-electron chi connectivity index (χ1n) is 7.75. The zero-order valence-corrected chi connectivity index (χ0v) is 13.7. The summed E-state index contributed by atoms with van der Waals surface area (Å²) in [4.78, 5) is 24.5. The summed E-state index contributed by atoms with van der Waals surface area (Å²) in [5, 5.41) is 5.08. The lowest BCUT2D eigenvalue weighted by Crippen LogP contribution is -2.37. The van der Waals surface area contributed by atoms with Gasteiger partial charge in [-0.25, -0.2) is 0 Å². The highest BCUT2D eigenvalue weighted by Crippen LogP contribution is 2.32. The Morgan fingerprint density at radius 2 is 1.88 bits per heavy atom. The fourth-order valence-corrected chi connectivity index (χ4v) is 2.68. The van der Waals surface area contributed by atoms with E-state index in [1.165, 1.54) is 0 Å². The fraction of sp³-hybridized carbons (Fsp3) is 0.222. The summed E-state index contributed by atoms with van der Waals surface area (Å²) < 4.78 is 43.3. The molecule has 1 heterocycles. The number of amides is 2. The van der Waals surface area contributed by atoms with Crippen molar-refractivity contribution in [2.45, 2.75) is 19.1 Å². The molecule has 1 aliphatic rings. The molecular weight excluding hydrogens is 349 g/mol. The van der Waals surface area contributed by atoms with E-state index in [0.717, 1.165) is 29.8 Å². The molecule has 0 saturated carbocycles. The van der Waals surface area contributed by atoms with Crippen molar-refractivity contribution in [2.75, 3.05) is 11.9 Å². The number of fused-ring (bicyclic) bond motifs is 1. The lowest BCUT2D eigenvalue weighted by atomic mass is 10.0. The third-order valence-electron chi connectivity index (χ3n) is 3.95. The Kier molecular flexibility index (Phi) is 4.58. The molecule has 136 valence electrons. The zero-order valence-electron chi connectivity index (χ0n) is 13.7. The molecule has 0 aliphatic carbocycles. The van der Waals surface area contributed by atoms with Gasteiger partial charge in [-0.1, -0.05) is 18.2 Å². The van der Waals surface area contributed by atoms with Crippen LogP contribution in [0.1, 0.15) is 22.7 Å². The Hall–Kier alpha value is -3.03. The van der Waals surface area contributed by atoms with Gasteiger partial charge in [0.25, 0.3) is 11.8 Å². The minimum atomic E-state index is -4.45. The topological polar surface area (TPSA) is 67.4 Å². The molecule has 2 N–H and O–H groups in total. The van der Waals surface area contributed by atoms with E-state index in [4.69, 9.17) is 4.74 Å². The molecule has 0 radical (unpaired) electrons. The van der Waals surface area contributed by atoms with Gasteiger partial charge >= 0.3 is 6.18 Å².